The van der Waals surface area contributed by atoms with Crippen molar-refractivity contribution in [2.24, 2.45) is 5.92 Å². The zero-order chi connectivity index (χ0) is 14.5. The minimum absolute atomic E-state index is 0.0542. The molecule has 110 valence electrons. The third kappa shape index (κ3) is 3.73. The molecule has 1 amide bonds. The van der Waals surface area contributed by atoms with Crippen LogP contribution in [0.3, 0.4) is 0 Å². The number of phenols is 1. The molecule has 2 N–H and O–H groups in total. The Morgan fingerprint density at radius 3 is 2.45 bits per heavy atom. The number of aromatic hydroxyl groups is 1. The molecule has 0 atom stereocenters. The van der Waals surface area contributed by atoms with Crippen molar-refractivity contribution in [2.45, 2.75) is 32.7 Å². The van der Waals surface area contributed by atoms with Crippen LogP contribution in [-0.4, -0.2) is 41.6 Å². The topological polar surface area (TPSA) is 52.6 Å². The van der Waals surface area contributed by atoms with Crippen LogP contribution in [0.1, 0.15) is 37.0 Å². The first-order chi connectivity index (χ1) is 9.58. The Kier molecular flexibility index (Phi) is 5.01. The van der Waals surface area contributed by atoms with Crippen molar-refractivity contribution in [2.75, 3.05) is 19.6 Å². The highest BCUT2D eigenvalue weighted by atomic mass is 16.3. The van der Waals surface area contributed by atoms with E-state index < -0.39 is 0 Å². The summed E-state index contributed by atoms with van der Waals surface area (Å²) in [5, 5.41) is 12.7. The van der Waals surface area contributed by atoms with Gasteiger partial charge >= 0.3 is 0 Å². The first-order valence-electron chi connectivity index (χ1n) is 7.38. The van der Waals surface area contributed by atoms with Gasteiger partial charge in [0, 0.05) is 18.2 Å². The van der Waals surface area contributed by atoms with Gasteiger partial charge in [0.15, 0.2) is 0 Å². The first-order valence-corrected chi connectivity index (χ1v) is 7.38. The number of piperidine rings is 1. The fraction of sp³-hybridized carbons (Fsp3) is 0.562. The van der Waals surface area contributed by atoms with E-state index in [1.54, 1.807) is 24.3 Å². The molecule has 0 bridgehead atoms. The summed E-state index contributed by atoms with van der Waals surface area (Å²) >= 11 is 0. The highest BCUT2D eigenvalue weighted by Crippen LogP contribution is 2.18. The molecule has 1 saturated heterocycles. The lowest BCUT2D eigenvalue weighted by Gasteiger charge is -2.33. The van der Waals surface area contributed by atoms with Gasteiger partial charge in [-0.3, -0.25) is 4.79 Å². The number of carbonyl (C=O) groups excluding carboxylic acids is 1. The van der Waals surface area contributed by atoms with E-state index in [9.17, 15) is 9.90 Å². The van der Waals surface area contributed by atoms with Gasteiger partial charge in [0.2, 0.25) is 0 Å². The van der Waals surface area contributed by atoms with Crippen molar-refractivity contribution < 1.29 is 9.90 Å². The van der Waals surface area contributed by atoms with Crippen LogP contribution in [0.25, 0.3) is 0 Å². The minimum Gasteiger partial charge on any atom is -0.508 e. The predicted octanol–water partition coefficient (Wildman–Crippen LogP) is 2.24. The number of phenolic OH excluding ortho intramolecular Hbond substituents is 1. The van der Waals surface area contributed by atoms with Gasteiger partial charge in [0.1, 0.15) is 5.75 Å². The van der Waals surface area contributed by atoms with E-state index in [-0.39, 0.29) is 17.7 Å². The number of hydrogen-bond acceptors (Lipinski definition) is 3. The van der Waals surface area contributed by atoms with E-state index in [4.69, 9.17) is 0 Å². The largest absolute Gasteiger partial charge is 0.508 e. The second-order valence-corrected chi connectivity index (χ2v) is 5.79. The van der Waals surface area contributed by atoms with Crippen LogP contribution in [-0.2, 0) is 0 Å². The third-order valence-corrected chi connectivity index (χ3v) is 3.91. The van der Waals surface area contributed by atoms with Crippen LogP contribution in [0, 0.1) is 5.92 Å². The normalized spacial score (nSPS) is 16.4. The van der Waals surface area contributed by atoms with Crippen LogP contribution in [0.2, 0.25) is 0 Å². The van der Waals surface area contributed by atoms with E-state index in [1.165, 1.54) is 0 Å². The molecular formula is C16H24N2O2. The molecule has 0 spiro atoms. The van der Waals surface area contributed by atoms with Gasteiger partial charge in [-0.05, 0) is 70.0 Å². The van der Waals surface area contributed by atoms with E-state index in [1.807, 2.05) is 4.90 Å². The summed E-state index contributed by atoms with van der Waals surface area (Å²) in [5.41, 5.74) is 0.644. The second-order valence-electron chi connectivity index (χ2n) is 5.79. The summed E-state index contributed by atoms with van der Waals surface area (Å²) in [6, 6.07) is 6.70. The number of carbonyl (C=O) groups is 1. The maximum Gasteiger partial charge on any atom is 0.254 e. The number of benzene rings is 1. The molecule has 0 saturated carbocycles. The molecule has 2 rings (SSSR count). The van der Waals surface area contributed by atoms with Gasteiger partial charge in [0.05, 0.1) is 0 Å². The molecule has 1 fully saturated rings. The summed E-state index contributed by atoms with van der Waals surface area (Å²) in [7, 11) is 0. The zero-order valence-corrected chi connectivity index (χ0v) is 12.3. The third-order valence-electron chi connectivity index (χ3n) is 3.91. The molecule has 1 aliphatic rings. The van der Waals surface area contributed by atoms with Crippen LogP contribution in [0.5, 0.6) is 5.75 Å². The van der Waals surface area contributed by atoms with Crippen LogP contribution < -0.4 is 5.32 Å². The lowest BCUT2D eigenvalue weighted by atomic mass is 9.96. The predicted molar refractivity (Wildman–Crippen MR) is 79.9 cm³/mol. The van der Waals surface area contributed by atoms with E-state index in [0.29, 0.717) is 11.5 Å². The molecular weight excluding hydrogens is 252 g/mol. The molecule has 0 aliphatic carbocycles. The average Bonchev–Trinajstić information content (AvgIpc) is 2.45. The fourth-order valence-electron chi connectivity index (χ4n) is 2.64. The first kappa shape index (κ1) is 14.9. The SMILES string of the molecule is CC(C)N(CC1CCNCC1)C(=O)c1ccc(O)cc1. The van der Waals surface area contributed by atoms with Gasteiger partial charge in [-0.15, -0.1) is 0 Å². The Labute approximate surface area is 120 Å². The average molecular weight is 276 g/mol. The summed E-state index contributed by atoms with van der Waals surface area (Å²) in [6.07, 6.45) is 2.26. The molecule has 4 nitrogen and oxygen atoms in total. The highest BCUT2D eigenvalue weighted by Gasteiger charge is 2.23. The van der Waals surface area contributed by atoms with Gasteiger partial charge < -0.3 is 15.3 Å². The zero-order valence-electron chi connectivity index (χ0n) is 12.3. The van der Waals surface area contributed by atoms with E-state index in [0.717, 1.165) is 32.5 Å². The number of rotatable bonds is 4. The number of amides is 1. The maximum atomic E-state index is 12.6. The van der Waals surface area contributed by atoms with Crippen LogP contribution >= 0.6 is 0 Å². The summed E-state index contributed by atoms with van der Waals surface area (Å²) in [6.45, 7) is 7.02. The lowest BCUT2D eigenvalue weighted by molar-refractivity contribution is 0.0658. The maximum absolute atomic E-state index is 12.6. The smallest absolute Gasteiger partial charge is 0.254 e. The van der Waals surface area contributed by atoms with E-state index >= 15 is 0 Å². The quantitative estimate of drug-likeness (QED) is 0.887. The monoisotopic (exact) mass is 276 g/mol. The standard InChI is InChI=1S/C16H24N2O2/c1-12(2)18(11-13-7-9-17-10-8-13)16(20)14-3-5-15(19)6-4-14/h3-6,12-13,17,19H,7-11H2,1-2H3. The molecule has 4 heteroatoms. The van der Waals surface area contributed by atoms with Crippen molar-refractivity contribution in [1.29, 1.82) is 0 Å². The Balaban J connectivity index is 2.07. The molecule has 0 aromatic heterocycles. The van der Waals surface area contributed by atoms with Gasteiger partial charge in [-0.1, -0.05) is 0 Å². The summed E-state index contributed by atoms with van der Waals surface area (Å²) in [5.74, 6) is 0.828. The highest BCUT2D eigenvalue weighted by molar-refractivity contribution is 5.94. The van der Waals surface area contributed by atoms with Crippen LogP contribution in [0.4, 0.5) is 0 Å². The van der Waals surface area contributed by atoms with Gasteiger partial charge in [-0.2, -0.15) is 0 Å². The van der Waals surface area contributed by atoms with Crippen molar-refractivity contribution in [3.63, 3.8) is 0 Å². The minimum atomic E-state index is 0.0542. The Morgan fingerprint density at radius 1 is 1.30 bits per heavy atom. The molecule has 20 heavy (non-hydrogen) atoms. The number of nitrogens with zero attached hydrogens (tertiary/aromatic N) is 1. The van der Waals surface area contributed by atoms with Crippen molar-refractivity contribution in [3.05, 3.63) is 29.8 Å². The van der Waals surface area contributed by atoms with Crippen molar-refractivity contribution in [1.82, 2.24) is 10.2 Å². The summed E-state index contributed by atoms with van der Waals surface area (Å²) < 4.78 is 0. The second kappa shape index (κ2) is 6.75. The molecule has 1 aliphatic heterocycles. The number of nitrogens with one attached hydrogen (secondary N) is 1. The molecule has 1 aromatic carbocycles. The van der Waals surface area contributed by atoms with Gasteiger partial charge in [-0.25, -0.2) is 0 Å². The molecule has 0 radical (unpaired) electrons. The fourth-order valence-corrected chi connectivity index (χ4v) is 2.64. The Morgan fingerprint density at radius 2 is 1.90 bits per heavy atom. The van der Waals surface area contributed by atoms with Crippen molar-refractivity contribution in [3.8, 4) is 5.75 Å². The van der Waals surface area contributed by atoms with Crippen LogP contribution in [0.15, 0.2) is 24.3 Å². The molecule has 1 aromatic rings. The molecule has 1 heterocycles. The lowest BCUT2D eigenvalue weighted by Crippen LogP contribution is -2.42. The molecule has 0 unspecified atom stereocenters. The van der Waals surface area contributed by atoms with E-state index in [2.05, 4.69) is 19.2 Å². The Bertz CT molecular complexity index is 436. The number of hydrogen-bond donors (Lipinski definition) is 2. The Hall–Kier alpha value is -1.55. The van der Waals surface area contributed by atoms with Crippen molar-refractivity contribution >= 4 is 5.91 Å². The summed E-state index contributed by atoms with van der Waals surface area (Å²) in [4.78, 5) is 14.5. The van der Waals surface area contributed by atoms with Gasteiger partial charge in [0.25, 0.3) is 5.91 Å².